The van der Waals surface area contributed by atoms with Crippen LogP contribution in [0, 0.1) is 12.7 Å². The number of rotatable bonds is 5. The van der Waals surface area contributed by atoms with Gasteiger partial charge in [-0.2, -0.15) is 0 Å². The highest BCUT2D eigenvalue weighted by Gasteiger charge is 2.27. The zero-order valence-corrected chi connectivity index (χ0v) is 15.8. The van der Waals surface area contributed by atoms with E-state index in [1.54, 1.807) is 19.9 Å². The summed E-state index contributed by atoms with van der Waals surface area (Å²) in [7, 11) is 0. The van der Waals surface area contributed by atoms with Crippen molar-refractivity contribution in [3.63, 3.8) is 0 Å². The summed E-state index contributed by atoms with van der Waals surface area (Å²) in [5.41, 5.74) is 1.50. The van der Waals surface area contributed by atoms with Crippen molar-refractivity contribution < 1.29 is 29.0 Å². The fraction of sp³-hybridized carbons (Fsp3) is 0.190. The number of benzene rings is 2. The molecule has 0 unspecified atom stereocenters. The van der Waals surface area contributed by atoms with Gasteiger partial charge in [0.15, 0.2) is 0 Å². The SMILES string of the molecule is Cc1c([C@H](C)C(=O)NCC(=O)O)c2cc(O)ccc2n1C(=O)c1cccc(F)c1. The van der Waals surface area contributed by atoms with E-state index in [9.17, 15) is 23.9 Å². The van der Waals surface area contributed by atoms with Crippen molar-refractivity contribution in [2.45, 2.75) is 19.8 Å². The third-order valence-electron chi connectivity index (χ3n) is 4.75. The fourth-order valence-electron chi connectivity index (χ4n) is 3.44. The molecule has 2 aromatic carbocycles. The van der Waals surface area contributed by atoms with Gasteiger partial charge < -0.3 is 15.5 Å². The lowest BCUT2D eigenvalue weighted by atomic mass is 9.97. The Labute approximate surface area is 165 Å². The summed E-state index contributed by atoms with van der Waals surface area (Å²) in [5.74, 6) is -3.58. The molecule has 0 spiro atoms. The molecule has 8 heteroatoms. The van der Waals surface area contributed by atoms with Crippen LogP contribution < -0.4 is 5.32 Å². The zero-order chi connectivity index (χ0) is 21.3. The molecule has 0 saturated heterocycles. The molecule has 3 rings (SSSR count). The van der Waals surface area contributed by atoms with Gasteiger partial charge in [0.05, 0.1) is 11.4 Å². The van der Waals surface area contributed by atoms with E-state index >= 15 is 0 Å². The standard InChI is InChI=1S/C21H19FN2O5/c1-11(20(28)23-10-18(26)27)19-12(2)24(17-7-6-15(25)9-16(17)19)21(29)13-4-3-5-14(22)8-13/h3-9,11,25H,10H2,1-2H3,(H,23,28)(H,26,27)/t11-/m0/s1. The number of carbonyl (C=O) groups excluding carboxylic acids is 2. The minimum absolute atomic E-state index is 0.0488. The minimum Gasteiger partial charge on any atom is -0.508 e. The van der Waals surface area contributed by atoms with Crippen molar-refractivity contribution in [1.82, 2.24) is 9.88 Å². The number of hydrogen-bond acceptors (Lipinski definition) is 4. The van der Waals surface area contributed by atoms with E-state index < -0.39 is 36.1 Å². The van der Waals surface area contributed by atoms with E-state index in [4.69, 9.17) is 5.11 Å². The van der Waals surface area contributed by atoms with Crippen molar-refractivity contribution in [2.75, 3.05) is 6.54 Å². The second kappa shape index (κ2) is 7.75. The third-order valence-corrected chi connectivity index (χ3v) is 4.75. The van der Waals surface area contributed by atoms with Gasteiger partial charge in [-0.05, 0) is 55.8 Å². The molecular weight excluding hydrogens is 379 g/mol. The van der Waals surface area contributed by atoms with Gasteiger partial charge >= 0.3 is 5.97 Å². The van der Waals surface area contributed by atoms with Crippen LogP contribution in [-0.4, -0.2) is 39.1 Å². The number of carboxylic acid groups (broad SMARTS) is 1. The molecule has 0 bridgehead atoms. The summed E-state index contributed by atoms with van der Waals surface area (Å²) in [6.45, 7) is 2.69. The number of nitrogens with one attached hydrogen (secondary N) is 1. The van der Waals surface area contributed by atoms with E-state index in [1.165, 1.54) is 34.9 Å². The van der Waals surface area contributed by atoms with Crippen LogP contribution in [0.25, 0.3) is 10.9 Å². The monoisotopic (exact) mass is 398 g/mol. The summed E-state index contributed by atoms with van der Waals surface area (Å²) in [5, 5.41) is 21.5. The van der Waals surface area contributed by atoms with Crippen LogP contribution in [-0.2, 0) is 9.59 Å². The number of phenolic OH excluding ortho intramolecular Hbond substituents is 1. The maximum absolute atomic E-state index is 13.6. The first-order valence-corrected chi connectivity index (χ1v) is 8.84. The Kier molecular flexibility index (Phi) is 5.36. The number of phenols is 1. The first kappa shape index (κ1) is 20.1. The van der Waals surface area contributed by atoms with Crippen LogP contribution in [0.1, 0.15) is 34.5 Å². The molecule has 29 heavy (non-hydrogen) atoms. The van der Waals surface area contributed by atoms with Crippen molar-refractivity contribution in [3.05, 3.63) is 65.1 Å². The summed E-state index contributed by atoms with van der Waals surface area (Å²) in [4.78, 5) is 36.3. The Morgan fingerprint density at radius 1 is 1.17 bits per heavy atom. The van der Waals surface area contributed by atoms with Gasteiger partial charge in [0.25, 0.3) is 5.91 Å². The van der Waals surface area contributed by atoms with E-state index in [2.05, 4.69) is 5.32 Å². The lowest BCUT2D eigenvalue weighted by molar-refractivity contribution is -0.138. The van der Waals surface area contributed by atoms with E-state index in [0.29, 0.717) is 22.2 Å². The molecule has 3 aromatic rings. The second-order valence-corrected chi connectivity index (χ2v) is 6.68. The maximum Gasteiger partial charge on any atom is 0.322 e. The van der Waals surface area contributed by atoms with Gasteiger partial charge in [-0.1, -0.05) is 6.07 Å². The number of amides is 1. The number of hydrogen-bond donors (Lipinski definition) is 3. The largest absolute Gasteiger partial charge is 0.508 e. The number of halogens is 1. The van der Waals surface area contributed by atoms with Gasteiger partial charge in [0.2, 0.25) is 5.91 Å². The van der Waals surface area contributed by atoms with Crippen LogP contribution in [0.4, 0.5) is 4.39 Å². The quantitative estimate of drug-likeness (QED) is 0.612. The van der Waals surface area contributed by atoms with Gasteiger partial charge in [0, 0.05) is 16.6 Å². The summed E-state index contributed by atoms with van der Waals surface area (Å²) in [6, 6.07) is 9.66. The van der Waals surface area contributed by atoms with E-state index in [-0.39, 0.29) is 11.3 Å². The summed E-state index contributed by atoms with van der Waals surface area (Å²) in [6.07, 6.45) is 0. The number of carboxylic acids is 1. The average Bonchev–Trinajstić information content (AvgIpc) is 2.95. The Morgan fingerprint density at radius 3 is 2.55 bits per heavy atom. The molecule has 7 nitrogen and oxygen atoms in total. The minimum atomic E-state index is -1.18. The van der Waals surface area contributed by atoms with Crippen LogP contribution >= 0.6 is 0 Å². The van der Waals surface area contributed by atoms with Crippen molar-refractivity contribution >= 4 is 28.7 Å². The first-order chi connectivity index (χ1) is 13.7. The highest BCUT2D eigenvalue weighted by Crippen LogP contribution is 2.34. The molecule has 0 radical (unpaired) electrons. The normalized spacial score (nSPS) is 12.0. The maximum atomic E-state index is 13.6. The predicted octanol–water partition coefficient (Wildman–Crippen LogP) is 2.79. The number of aromatic hydroxyl groups is 1. The van der Waals surface area contributed by atoms with Crippen LogP contribution in [0.2, 0.25) is 0 Å². The third kappa shape index (κ3) is 3.82. The molecule has 1 heterocycles. The van der Waals surface area contributed by atoms with E-state index in [0.717, 1.165) is 6.07 Å². The Balaban J connectivity index is 2.15. The molecular formula is C21H19FN2O5. The molecule has 150 valence electrons. The molecule has 1 aromatic heterocycles. The predicted molar refractivity (Wildman–Crippen MR) is 104 cm³/mol. The first-order valence-electron chi connectivity index (χ1n) is 8.84. The number of aliphatic carboxylic acids is 1. The average molecular weight is 398 g/mol. The summed E-state index contributed by atoms with van der Waals surface area (Å²) >= 11 is 0. The fourth-order valence-corrected chi connectivity index (χ4v) is 3.44. The number of aromatic nitrogens is 1. The van der Waals surface area contributed by atoms with Crippen molar-refractivity contribution in [1.29, 1.82) is 0 Å². The van der Waals surface area contributed by atoms with Gasteiger partial charge in [-0.3, -0.25) is 19.0 Å². The van der Waals surface area contributed by atoms with Crippen molar-refractivity contribution in [2.24, 2.45) is 0 Å². The van der Waals surface area contributed by atoms with Crippen LogP contribution in [0.5, 0.6) is 5.75 Å². The topological polar surface area (TPSA) is 109 Å². The Morgan fingerprint density at radius 2 is 1.90 bits per heavy atom. The lowest BCUT2D eigenvalue weighted by Crippen LogP contribution is -2.32. The molecule has 0 saturated carbocycles. The molecule has 3 N–H and O–H groups in total. The van der Waals surface area contributed by atoms with Crippen LogP contribution in [0.3, 0.4) is 0 Å². The molecule has 1 atom stereocenters. The highest BCUT2D eigenvalue weighted by molar-refractivity contribution is 6.05. The zero-order valence-electron chi connectivity index (χ0n) is 15.8. The number of nitrogens with zero attached hydrogens (tertiary/aromatic N) is 1. The number of carbonyl (C=O) groups is 3. The lowest BCUT2D eigenvalue weighted by Gasteiger charge is -2.13. The molecule has 0 aliphatic rings. The highest BCUT2D eigenvalue weighted by atomic mass is 19.1. The molecule has 0 fully saturated rings. The van der Waals surface area contributed by atoms with Crippen LogP contribution in [0.15, 0.2) is 42.5 Å². The Bertz CT molecular complexity index is 1140. The van der Waals surface area contributed by atoms with Gasteiger partial charge in [-0.25, -0.2) is 4.39 Å². The Hall–Kier alpha value is -3.68. The molecule has 0 aliphatic heterocycles. The van der Waals surface area contributed by atoms with Gasteiger partial charge in [-0.15, -0.1) is 0 Å². The van der Waals surface area contributed by atoms with Gasteiger partial charge in [0.1, 0.15) is 18.1 Å². The molecule has 0 aliphatic carbocycles. The van der Waals surface area contributed by atoms with Crippen molar-refractivity contribution in [3.8, 4) is 5.75 Å². The smallest absolute Gasteiger partial charge is 0.322 e. The molecule has 1 amide bonds. The second-order valence-electron chi connectivity index (χ2n) is 6.68. The number of fused-ring (bicyclic) bond motifs is 1. The summed E-state index contributed by atoms with van der Waals surface area (Å²) < 4.78 is 15.0. The van der Waals surface area contributed by atoms with E-state index in [1.807, 2.05) is 0 Å².